The molecule has 0 aliphatic heterocycles. The molecule has 0 atom stereocenters. The largest absolute Gasteiger partial charge is 0.370 e. The second-order valence-electron chi connectivity index (χ2n) is 9.66. The molecule has 1 amide bonds. The second-order valence-corrected chi connectivity index (χ2v) is 9.66. The molecular formula is C32H35N7O. The Kier molecular flexibility index (Phi) is 8.66. The fraction of sp³-hybridized carbons (Fsp3) is 0.250. The summed E-state index contributed by atoms with van der Waals surface area (Å²) in [4.78, 5) is 21.9. The van der Waals surface area contributed by atoms with E-state index in [2.05, 4.69) is 40.8 Å². The first-order chi connectivity index (χ1) is 19.7. The number of fused-ring (bicyclic) bond motifs is 1. The van der Waals surface area contributed by atoms with Gasteiger partial charge in [0.15, 0.2) is 0 Å². The highest BCUT2D eigenvalue weighted by molar-refractivity contribution is 6.04. The zero-order valence-corrected chi connectivity index (χ0v) is 23.0. The maximum Gasteiger partial charge on any atom is 0.255 e. The van der Waals surface area contributed by atoms with Crippen LogP contribution < -0.4 is 16.0 Å². The first kappa shape index (κ1) is 26.9. The lowest BCUT2D eigenvalue weighted by Gasteiger charge is -2.09. The first-order valence-corrected chi connectivity index (χ1v) is 14.0. The molecule has 0 spiro atoms. The van der Waals surface area contributed by atoms with Crippen molar-refractivity contribution in [3.05, 3.63) is 90.6 Å². The van der Waals surface area contributed by atoms with Gasteiger partial charge in [0.2, 0.25) is 5.95 Å². The summed E-state index contributed by atoms with van der Waals surface area (Å²) in [6, 6.07) is 25.1. The molecule has 0 saturated carbocycles. The van der Waals surface area contributed by atoms with Crippen molar-refractivity contribution in [3.63, 3.8) is 0 Å². The number of hydrogen-bond acceptors (Lipinski definition) is 6. The van der Waals surface area contributed by atoms with Crippen LogP contribution in [-0.2, 0) is 0 Å². The smallest absolute Gasteiger partial charge is 0.255 e. The molecular weight excluding hydrogens is 498 g/mol. The standard InChI is InChI=1S/C32H35N7O/c1-3-5-20-33-28-14-10-13-27-29(26-19-22-35-32(37-26)34-21-6-4-2)30(38-39(27)28)23-15-17-25(18-16-23)36-31(40)24-11-8-7-9-12-24/h7-19,22,33H,3-6,20-21H2,1-2H3,(H,36,40)(H,34,35,37). The topological polar surface area (TPSA) is 96.2 Å². The number of nitrogens with zero attached hydrogens (tertiary/aromatic N) is 4. The number of hydrogen-bond donors (Lipinski definition) is 3. The fourth-order valence-electron chi connectivity index (χ4n) is 4.52. The van der Waals surface area contributed by atoms with Gasteiger partial charge in [0.1, 0.15) is 11.5 Å². The predicted molar refractivity (Wildman–Crippen MR) is 163 cm³/mol. The van der Waals surface area contributed by atoms with E-state index in [4.69, 9.17) is 10.1 Å². The number of carbonyl (C=O) groups is 1. The van der Waals surface area contributed by atoms with Crippen LogP contribution in [0.25, 0.3) is 28.0 Å². The monoisotopic (exact) mass is 533 g/mol. The summed E-state index contributed by atoms with van der Waals surface area (Å²) in [5.74, 6) is 1.39. The number of benzene rings is 2. The van der Waals surface area contributed by atoms with Crippen LogP contribution in [0.4, 0.5) is 17.5 Å². The van der Waals surface area contributed by atoms with Gasteiger partial charge in [0.25, 0.3) is 5.91 Å². The molecule has 0 aliphatic carbocycles. The summed E-state index contributed by atoms with van der Waals surface area (Å²) < 4.78 is 1.96. The Morgan fingerprint density at radius 2 is 1.57 bits per heavy atom. The summed E-state index contributed by atoms with van der Waals surface area (Å²) >= 11 is 0. The SMILES string of the molecule is CCCCNc1nccc(-c2c(-c3ccc(NC(=O)c4ccccc4)cc3)nn3c(NCCCC)cccc23)n1. The van der Waals surface area contributed by atoms with Gasteiger partial charge in [-0.15, -0.1) is 0 Å². The zero-order chi connectivity index (χ0) is 27.7. The van der Waals surface area contributed by atoms with E-state index in [1.807, 2.05) is 65.2 Å². The van der Waals surface area contributed by atoms with Crippen LogP contribution in [0.5, 0.6) is 0 Å². The van der Waals surface area contributed by atoms with Gasteiger partial charge < -0.3 is 16.0 Å². The predicted octanol–water partition coefficient (Wildman–Crippen LogP) is 7.13. The Morgan fingerprint density at radius 1 is 0.825 bits per heavy atom. The van der Waals surface area contributed by atoms with Crippen molar-refractivity contribution in [1.82, 2.24) is 19.6 Å². The minimum absolute atomic E-state index is 0.145. The Hall–Kier alpha value is -4.72. The zero-order valence-electron chi connectivity index (χ0n) is 23.0. The lowest BCUT2D eigenvalue weighted by atomic mass is 10.0. The molecule has 8 nitrogen and oxygen atoms in total. The van der Waals surface area contributed by atoms with Crippen LogP contribution in [0.1, 0.15) is 49.9 Å². The van der Waals surface area contributed by atoms with E-state index >= 15 is 0 Å². The number of amides is 1. The van der Waals surface area contributed by atoms with Crippen molar-refractivity contribution >= 4 is 28.9 Å². The molecule has 3 N–H and O–H groups in total. The highest BCUT2D eigenvalue weighted by Gasteiger charge is 2.20. The maximum absolute atomic E-state index is 12.6. The lowest BCUT2D eigenvalue weighted by molar-refractivity contribution is 0.102. The molecule has 0 radical (unpaired) electrons. The highest BCUT2D eigenvalue weighted by atomic mass is 16.1. The van der Waals surface area contributed by atoms with E-state index in [0.29, 0.717) is 17.2 Å². The summed E-state index contributed by atoms with van der Waals surface area (Å²) in [5.41, 5.74) is 5.75. The summed E-state index contributed by atoms with van der Waals surface area (Å²) in [7, 11) is 0. The molecule has 0 unspecified atom stereocenters. The van der Waals surface area contributed by atoms with Crippen LogP contribution in [0.15, 0.2) is 85.1 Å². The maximum atomic E-state index is 12.6. The van der Waals surface area contributed by atoms with Crippen LogP contribution >= 0.6 is 0 Å². The molecule has 0 aliphatic rings. The molecule has 40 heavy (non-hydrogen) atoms. The van der Waals surface area contributed by atoms with E-state index in [0.717, 1.165) is 72.6 Å². The van der Waals surface area contributed by atoms with Gasteiger partial charge >= 0.3 is 0 Å². The minimum atomic E-state index is -0.145. The van der Waals surface area contributed by atoms with Crippen molar-refractivity contribution in [1.29, 1.82) is 0 Å². The van der Waals surface area contributed by atoms with Gasteiger partial charge in [-0.3, -0.25) is 4.79 Å². The number of pyridine rings is 1. The molecule has 0 saturated heterocycles. The number of anilines is 3. The molecule has 3 aromatic heterocycles. The van der Waals surface area contributed by atoms with E-state index in [1.54, 1.807) is 18.3 Å². The molecule has 5 aromatic rings. The third-order valence-electron chi connectivity index (χ3n) is 6.67. The van der Waals surface area contributed by atoms with Gasteiger partial charge in [-0.05, 0) is 55.3 Å². The highest BCUT2D eigenvalue weighted by Crippen LogP contribution is 2.36. The molecule has 3 heterocycles. The Bertz CT molecular complexity index is 1560. The number of nitrogens with one attached hydrogen (secondary N) is 3. The van der Waals surface area contributed by atoms with Gasteiger partial charge in [-0.25, -0.2) is 14.5 Å². The van der Waals surface area contributed by atoms with E-state index in [-0.39, 0.29) is 5.91 Å². The molecule has 5 rings (SSSR count). The van der Waals surface area contributed by atoms with Gasteiger partial charge in [-0.2, -0.15) is 5.10 Å². The number of aromatic nitrogens is 4. The molecule has 0 bridgehead atoms. The van der Waals surface area contributed by atoms with Crippen LogP contribution in [0.3, 0.4) is 0 Å². The van der Waals surface area contributed by atoms with Crippen LogP contribution in [-0.4, -0.2) is 38.6 Å². The summed E-state index contributed by atoms with van der Waals surface area (Å²) in [5, 5.41) is 14.9. The molecule has 0 fully saturated rings. The third kappa shape index (κ3) is 6.12. The Balaban J connectivity index is 1.53. The van der Waals surface area contributed by atoms with Crippen molar-refractivity contribution in [2.75, 3.05) is 29.0 Å². The third-order valence-corrected chi connectivity index (χ3v) is 6.67. The quantitative estimate of drug-likeness (QED) is 0.148. The number of unbranched alkanes of at least 4 members (excludes halogenated alkanes) is 2. The normalized spacial score (nSPS) is 10.9. The summed E-state index contributed by atoms with van der Waals surface area (Å²) in [6.07, 6.45) is 6.12. The summed E-state index contributed by atoms with van der Waals surface area (Å²) in [6.45, 7) is 6.03. The number of rotatable bonds is 12. The molecule has 8 heteroatoms. The van der Waals surface area contributed by atoms with Gasteiger partial charge in [0.05, 0.1) is 16.8 Å². The lowest BCUT2D eigenvalue weighted by Crippen LogP contribution is -2.11. The Morgan fingerprint density at radius 3 is 2.33 bits per heavy atom. The average molecular weight is 534 g/mol. The van der Waals surface area contributed by atoms with Crippen molar-refractivity contribution < 1.29 is 4.79 Å². The van der Waals surface area contributed by atoms with Gasteiger partial charge in [-0.1, -0.05) is 63.1 Å². The van der Waals surface area contributed by atoms with E-state index in [9.17, 15) is 4.79 Å². The molecule has 2 aromatic carbocycles. The van der Waals surface area contributed by atoms with E-state index in [1.165, 1.54) is 0 Å². The van der Waals surface area contributed by atoms with Crippen LogP contribution in [0.2, 0.25) is 0 Å². The Labute approximate surface area is 234 Å². The van der Waals surface area contributed by atoms with E-state index < -0.39 is 0 Å². The minimum Gasteiger partial charge on any atom is -0.370 e. The van der Waals surface area contributed by atoms with Crippen LogP contribution in [0, 0.1) is 0 Å². The first-order valence-electron chi connectivity index (χ1n) is 14.0. The molecule has 204 valence electrons. The van der Waals surface area contributed by atoms with Crippen molar-refractivity contribution in [2.45, 2.75) is 39.5 Å². The van der Waals surface area contributed by atoms with Gasteiger partial charge in [0, 0.05) is 36.1 Å². The number of carbonyl (C=O) groups excluding carboxylic acids is 1. The van der Waals surface area contributed by atoms with Crippen molar-refractivity contribution in [3.8, 4) is 22.5 Å². The van der Waals surface area contributed by atoms with Crippen molar-refractivity contribution in [2.24, 2.45) is 0 Å². The average Bonchev–Trinajstić information content (AvgIpc) is 3.39. The fourth-order valence-corrected chi connectivity index (χ4v) is 4.52. The second kappa shape index (κ2) is 12.9.